The number of fused-ring (bicyclic) bond motifs is 4. The van der Waals surface area contributed by atoms with Crippen molar-refractivity contribution in [1.29, 1.82) is 0 Å². The first-order valence-corrected chi connectivity index (χ1v) is 18.6. The smallest absolute Gasteiger partial charge is 0.177 e. The average Bonchev–Trinajstić information content (AvgIpc) is 3.54. The largest absolute Gasteiger partial charge is 0.454 e. The molecule has 2 aliphatic carbocycles. The molecular weight excluding hydrogens is 668 g/mol. The molecule has 0 N–H and O–H groups in total. The fourth-order valence-electron chi connectivity index (χ4n) is 8.15. The summed E-state index contributed by atoms with van der Waals surface area (Å²) in [7, 11) is 0. The lowest BCUT2D eigenvalue weighted by Crippen LogP contribution is -2.15. The fourth-order valence-corrected chi connectivity index (χ4v) is 8.15. The van der Waals surface area contributed by atoms with Gasteiger partial charge in [-0.05, 0) is 102 Å². The van der Waals surface area contributed by atoms with Gasteiger partial charge in [0.05, 0.1) is 6.04 Å². The predicted molar refractivity (Wildman–Crippen MR) is 218 cm³/mol. The van der Waals surface area contributed by atoms with Crippen LogP contribution in [0.4, 0.5) is 21.5 Å². The number of allylic oxidation sites excluding steroid dienone is 7. The third-order valence-corrected chi connectivity index (χ3v) is 10.9. The second-order valence-corrected chi connectivity index (χ2v) is 14.2. The van der Waals surface area contributed by atoms with E-state index >= 15 is 0 Å². The molecule has 7 aromatic rings. The first-order valence-electron chi connectivity index (χ1n) is 18.6. The summed E-state index contributed by atoms with van der Waals surface area (Å²) in [4.78, 5) is 2.31. The highest BCUT2D eigenvalue weighted by molar-refractivity contribution is 6.09. The molecular formula is C49H37FN2O2. The van der Waals surface area contributed by atoms with Gasteiger partial charge in [-0.3, -0.25) is 0 Å². The molecule has 0 spiro atoms. The van der Waals surface area contributed by atoms with Crippen molar-refractivity contribution in [3.8, 4) is 33.8 Å². The molecule has 0 bridgehead atoms. The maximum absolute atomic E-state index is 13.7. The number of ether oxygens (including phenoxy) is 2. The van der Waals surface area contributed by atoms with E-state index in [2.05, 4.69) is 144 Å². The van der Waals surface area contributed by atoms with E-state index in [1.165, 1.54) is 33.9 Å². The molecule has 10 rings (SSSR count). The molecule has 1 aromatic heterocycles. The Morgan fingerprint density at radius 3 is 2.11 bits per heavy atom. The minimum Gasteiger partial charge on any atom is -0.454 e. The molecule has 3 aliphatic rings. The van der Waals surface area contributed by atoms with Gasteiger partial charge in [-0.1, -0.05) is 104 Å². The first-order chi connectivity index (χ1) is 26.6. The SMILES string of the molecule is CC1C=CC=CC1n1c2ccccc2c2cc(N(c3ccc(-c4ccc(F)cc4)cc3)c3ccc(-c4cccc5c4OC4=C(CCC=C4)O5)cc3)ccc21. The maximum atomic E-state index is 13.7. The number of para-hydroxylation sites is 2. The van der Waals surface area contributed by atoms with Crippen molar-refractivity contribution < 1.29 is 13.9 Å². The highest BCUT2D eigenvalue weighted by Crippen LogP contribution is 2.46. The third-order valence-electron chi connectivity index (χ3n) is 10.9. The number of halogens is 1. The lowest BCUT2D eigenvalue weighted by Gasteiger charge is -2.27. The second kappa shape index (κ2) is 13.1. The molecule has 2 atom stereocenters. The van der Waals surface area contributed by atoms with Crippen molar-refractivity contribution in [3.05, 3.63) is 187 Å². The molecule has 2 unspecified atom stereocenters. The number of hydrogen-bond donors (Lipinski definition) is 0. The number of nitrogens with zero attached hydrogens (tertiary/aromatic N) is 2. The minimum atomic E-state index is -0.241. The van der Waals surface area contributed by atoms with E-state index in [1.54, 1.807) is 0 Å². The first kappa shape index (κ1) is 32.1. The molecule has 6 aromatic carbocycles. The lowest BCUT2D eigenvalue weighted by molar-refractivity contribution is 0.291. The van der Waals surface area contributed by atoms with Crippen LogP contribution < -0.4 is 14.4 Å². The van der Waals surface area contributed by atoms with Crippen molar-refractivity contribution in [2.24, 2.45) is 5.92 Å². The molecule has 4 nitrogen and oxygen atoms in total. The van der Waals surface area contributed by atoms with Gasteiger partial charge in [-0.2, -0.15) is 0 Å². The Morgan fingerprint density at radius 1 is 0.648 bits per heavy atom. The van der Waals surface area contributed by atoms with Crippen molar-refractivity contribution in [1.82, 2.24) is 4.57 Å². The Labute approximate surface area is 314 Å². The van der Waals surface area contributed by atoms with Gasteiger partial charge in [-0.15, -0.1) is 0 Å². The van der Waals surface area contributed by atoms with Gasteiger partial charge < -0.3 is 18.9 Å². The van der Waals surface area contributed by atoms with E-state index in [4.69, 9.17) is 9.47 Å². The predicted octanol–water partition coefficient (Wildman–Crippen LogP) is 13.4. The number of rotatable bonds is 6. The zero-order valence-corrected chi connectivity index (χ0v) is 29.8. The number of aromatic nitrogens is 1. The van der Waals surface area contributed by atoms with Crippen molar-refractivity contribution >= 4 is 38.9 Å². The molecule has 0 radical (unpaired) electrons. The molecule has 54 heavy (non-hydrogen) atoms. The Bertz CT molecular complexity index is 2680. The van der Waals surface area contributed by atoms with E-state index in [-0.39, 0.29) is 11.9 Å². The van der Waals surface area contributed by atoms with Gasteiger partial charge in [0.2, 0.25) is 0 Å². The van der Waals surface area contributed by atoms with Gasteiger partial charge in [0, 0.05) is 50.9 Å². The van der Waals surface area contributed by atoms with E-state index in [0.717, 1.165) is 75.2 Å². The molecule has 0 saturated heterocycles. The molecule has 0 amide bonds. The Hall–Kier alpha value is -6.59. The summed E-state index contributed by atoms with van der Waals surface area (Å²) in [5.41, 5.74) is 9.54. The summed E-state index contributed by atoms with van der Waals surface area (Å²) in [6.45, 7) is 2.28. The summed E-state index contributed by atoms with van der Waals surface area (Å²) < 4.78 is 29.0. The van der Waals surface area contributed by atoms with E-state index in [1.807, 2.05) is 30.3 Å². The quantitative estimate of drug-likeness (QED) is 0.172. The van der Waals surface area contributed by atoms with Crippen LogP contribution in [0.2, 0.25) is 0 Å². The number of benzene rings is 6. The van der Waals surface area contributed by atoms with E-state index in [0.29, 0.717) is 5.92 Å². The number of anilines is 3. The van der Waals surface area contributed by atoms with Crippen LogP contribution in [0.3, 0.4) is 0 Å². The number of hydrogen-bond acceptors (Lipinski definition) is 3. The van der Waals surface area contributed by atoms with Gasteiger partial charge in [0.25, 0.3) is 0 Å². The van der Waals surface area contributed by atoms with Crippen LogP contribution >= 0.6 is 0 Å². The van der Waals surface area contributed by atoms with Crippen LogP contribution in [-0.2, 0) is 0 Å². The molecule has 0 saturated carbocycles. The van der Waals surface area contributed by atoms with Gasteiger partial charge in [-0.25, -0.2) is 4.39 Å². The highest BCUT2D eigenvalue weighted by atomic mass is 19.1. The van der Waals surface area contributed by atoms with Crippen molar-refractivity contribution in [2.45, 2.75) is 25.8 Å². The van der Waals surface area contributed by atoms with Gasteiger partial charge >= 0.3 is 0 Å². The zero-order valence-electron chi connectivity index (χ0n) is 29.8. The monoisotopic (exact) mass is 704 g/mol. The summed E-state index contributed by atoms with van der Waals surface area (Å²) in [5, 5.41) is 2.44. The standard InChI is InChI=1S/C49H37FN2O2/c1-32-9-2-4-12-43(32)52-44-13-5-3-10-41(44)42-31-39(29-30-45(42)52)51(37-25-19-34(20-26-37)33-17-23-36(50)24-18-33)38-27-21-35(22-28-38)40-11-8-16-48-49(40)54-47-15-7-6-14-46(47)53-48/h2-5,7-13,15-32,43H,6,14H2,1H3. The van der Waals surface area contributed by atoms with Crippen LogP contribution in [0.25, 0.3) is 44.1 Å². The Morgan fingerprint density at radius 2 is 1.33 bits per heavy atom. The Balaban J connectivity index is 1.08. The van der Waals surface area contributed by atoms with Crippen LogP contribution in [0, 0.1) is 11.7 Å². The lowest BCUT2D eigenvalue weighted by atomic mass is 9.96. The second-order valence-electron chi connectivity index (χ2n) is 14.2. The Kier molecular flexibility index (Phi) is 7.80. The summed E-state index contributed by atoms with van der Waals surface area (Å²) in [6.07, 6.45) is 14.8. The van der Waals surface area contributed by atoms with Gasteiger partial charge in [0.15, 0.2) is 17.3 Å². The molecule has 262 valence electrons. The van der Waals surface area contributed by atoms with Crippen LogP contribution in [-0.4, -0.2) is 4.57 Å². The normalized spacial score (nSPS) is 17.3. The third kappa shape index (κ3) is 5.52. The van der Waals surface area contributed by atoms with Crippen molar-refractivity contribution in [2.75, 3.05) is 4.90 Å². The van der Waals surface area contributed by atoms with Crippen LogP contribution in [0.1, 0.15) is 25.8 Å². The molecule has 5 heteroatoms. The van der Waals surface area contributed by atoms with E-state index in [9.17, 15) is 4.39 Å². The molecule has 2 heterocycles. The summed E-state index contributed by atoms with van der Waals surface area (Å²) in [5.74, 6) is 3.29. The highest BCUT2D eigenvalue weighted by Gasteiger charge is 2.26. The minimum absolute atomic E-state index is 0.223. The fraction of sp³-hybridized carbons (Fsp3) is 0.102. The average molecular weight is 705 g/mol. The molecule has 1 aliphatic heterocycles. The topological polar surface area (TPSA) is 26.6 Å². The van der Waals surface area contributed by atoms with E-state index < -0.39 is 0 Å². The molecule has 0 fully saturated rings. The van der Waals surface area contributed by atoms with Crippen molar-refractivity contribution in [3.63, 3.8) is 0 Å². The maximum Gasteiger partial charge on any atom is 0.177 e. The summed E-state index contributed by atoms with van der Waals surface area (Å²) in [6, 6.07) is 45.7. The zero-order chi connectivity index (χ0) is 36.2. The van der Waals surface area contributed by atoms with Crippen LogP contribution in [0.15, 0.2) is 181 Å². The van der Waals surface area contributed by atoms with Crippen LogP contribution in [0.5, 0.6) is 11.5 Å². The van der Waals surface area contributed by atoms with Gasteiger partial charge in [0.1, 0.15) is 11.6 Å². The summed E-state index contributed by atoms with van der Waals surface area (Å²) >= 11 is 0.